The van der Waals surface area contributed by atoms with Gasteiger partial charge in [-0.3, -0.25) is 4.79 Å². The van der Waals surface area contributed by atoms with Crippen LogP contribution in [-0.4, -0.2) is 29.4 Å². The SMILES string of the molecule is CC1CCC(N)C(C(=O)N2CCC[C@H]3CCCC[C@H]32)C1. The van der Waals surface area contributed by atoms with E-state index >= 15 is 0 Å². The molecular formula is C17H30N2O. The van der Waals surface area contributed by atoms with Crippen LogP contribution in [0.1, 0.15) is 64.7 Å². The molecule has 0 bridgehead atoms. The molecule has 0 radical (unpaired) electrons. The van der Waals surface area contributed by atoms with Gasteiger partial charge in [0.1, 0.15) is 0 Å². The van der Waals surface area contributed by atoms with Crippen molar-refractivity contribution in [3.8, 4) is 0 Å². The molecule has 0 spiro atoms. The Kier molecular flexibility index (Phi) is 4.34. The minimum absolute atomic E-state index is 0.0967. The summed E-state index contributed by atoms with van der Waals surface area (Å²) in [6.45, 7) is 3.25. The van der Waals surface area contributed by atoms with Crippen molar-refractivity contribution in [3.05, 3.63) is 0 Å². The highest BCUT2D eigenvalue weighted by molar-refractivity contribution is 5.80. The fourth-order valence-electron chi connectivity index (χ4n) is 4.80. The van der Waals surface area contributed by atoms with Crippen molar-refractivity contribution in [3.63, 3.8) is 0 Å². The number of carbonyl (C=O) groups is 1. The molecule has 3 unspecified atom stereocenters. The molecule has 20 heavy (non-hydrogen) atoms. The Hall–Kier alpha value is -0.570. The summed E-state index contributed by atoms with van der Waals surface area (Å²) in [4.78, 5) is 15.3. The maximum Gasteiger partial charge on any atom is 0.227 e. The van der Waals surface area contributed by atoms with E-state index in [-0.39, 0.29) is 12.0 Å². The molecule has 0 aromatic rings. The number of rotatable bonds is 1. The minimum atomic E-state index is 0.0967. The molecule has 3 heteroatoms. The highest BCUT2D eigenvalue weighted by Crippen LogP contribution is 2.37. The number of fused-ring (bicyclic) bond motifs is 1. The van der Waals surface area contributed by atoms with Crippen LogP contribution < -0.4 is 5.73 Å². The third-order valence-electron chi connectivity index (χ3n) is 6.01. The number of carbonyl (C=O) groups excluding carboxylic acids is 1. The molecule has 2 N–H and O–H groups in total. The highest BCUT2D eigenvalue weighted by atomic mass is 16.2. The summed E-state index contributed by atoms with van der Waals surface area (Å²) in [6, 6.07) is 0.636. The smallest absolute Gasteiger partial charge is 0.227 e. The van der Waals surface area contributed by atoms with Gasteiger partial charge in [0.05, 0.1) is 5.92 Å². The standard InChI is InChI=1S/C17H30N2O/c1-12-8-9-15(18)14(11-12)17(20)19-10-4-6-13-5-2-3-7-16(13)19/h12-16H,2-11,18H2,1H3/t12?,13-,14?,15?,16-/m1/s1. The number of nitrogens with zero attached hydrogens (tertiary/aromatic N) is 1. The molecule has 0 aromatic heterocycles. The van der Waals surface area contributed by atoms with Gasteiger partial charge in [-0.15, -0.1) is 0 Å². The van der Waals surface area contributed by atoms with Crippen LogP contribution in [-0.2, 0) is 4.79 Å². The number of nitrogens with two attached hydrogens (primary N) is 1. The lowest BCUT2D eigenvalue weighted by molar-refractivity contribution is -0.144. The van der Waals surface area contributed by atoms with Crippen molar-refractivity contribution >= 4 is 5.91 Å². The second-order valence-electron chi connectivity index (χ2n) is 7.47. The number of amides is 1. The molecule has 3 fully saturated rings. The van der Waals surface area contributed by atoms with Crippen molar-refractivity contribution in [2.75, 3.05) is 6.54 Å². The Balaban J connectivity index is 1.71. The molecule has 0 aromatic carbocycles. The fourth-order valence-corrected chi connectivity index (χ4v) is 4.80. The van der Waals surface area contributed by atoms with Gasteiger partial charge in [0.25, 0.3) is 0 Å². The fraction of sp³-hybridized carbons (Fsp3) is 0.941. The third-order valence-corrected chi connectivity index (χ3v) is 6.01. The summed E-state index contributed by atoms with van der Waals surface area (Å²) in [7, 11) is 0. The first-order valence-corrected chi connectivity index (χ1v) is 8.73. The molecule has 3 rings (SSSR count). The van der Waals surface area contributed by atoms with Crippen LogP contribution in [0, 0.1) is 17.8 Å². The summed E-state index contributed by atoms with van der Waals surface area (Å²) in [6.07, 6.45) is 11.0. The van der Waals surface area contributed by atoms with Crippen molar-refractivity contribution in [2.24, 2.45) is 23.5 Å². The van der Waals surface area contributed by atoms with Gasteiger partial charge in [0.15, 0.2) is 0 Å². The average molecular weight is 278 g/mol. The molecule has 1 aliphatic heterocycles. The van der Waals surface area contributed by atoms with Crippen LogP contribution in [0.3, 0.4) is 0 Å². The van der Waals surface area contributed by atoms with Crippen molar-refractivity contribution in [1.29, 1.82) is 0 Å². The Labute approximate surface area is 123 Å². The van der Waals surface area contributed by atoms with Crippen LogP contribution in [0.2, 0.25) is 0 Å². The summed E-state index contributed by atoms with van der Waals surface area (Å²) in [5, 5.41) is 0. The highest BCUT2D eigenvalue weighted by Gasteiger charge is 2.40. The first-order chi connectivity index (χ1) is 9.66. The molecule has 3 aliphatic rings. The monoisotopic (exact) mass is 278 g/mol. The van der Waals surface area contributed by atoms with Crippen LogP contribution in [0.15, 0.2) is 0 Å². The number of hydrogen-bond donors (Lipinski definition) is 1. The molecular weight excluding hydrogens is 248 g/mol. The Morgan fingerprint density at radius 3 is 2.65 bits per heavy atom. The molecule has 114 valence electrons. The quantitative estimate of drug-likeness (QED) is 0.801. The van der Waals surface area contributed by atoms with Gasteiger partial charge in [-0.25, -0.2) is 0 Å². The minimum Gasteiger partial charge on any atom is -0.339 e. The van der Waals surface area contributed by atoms with Gasteiger partial charge < -0.3 is 10.6 Å². The van der Waals surface area contributed by atoms with E-state index in [0.717, 1.165) is 25.3 Å². The summed E-state index contributed by atoms with van der Waals surface area (Å²) in [5.41, 5.74) is 6.27. The predicted octanol–water partition coefficient (Wildman–Crippen LogP) is 2.93. The molecule has 5 atom stereocenters. The largest absolute Gasteiger partial charge is 0.339 e. The molecule has 2 aliphatic carbocycles. The van der Waals surface area contributed by atoms with Gasteiger partial charge in [0.2, 0.25) is 5.91 Å². The van der Waals surface area contributed by atoms with Gasteiger partial charge in [-0.2, -0.15) is 0 Å². The lowest BCUT2D eigenvalue weighted by Gasteiger charge is -2.46. The van der Waals surface area contributed by atoms with E-state index in [2.05, 4.69) is 11.8 Å². The molecule has 1 saturated heterocycles. The van der Waals surface area contributed by atoms with E-state index in [9.17, 15) is 4.79 Å². The second kappa shape index (κ2) is 6.05. The Morgan fingerprint density at radius 1 is 1.05 bits per heavy atom. The molecule has 1 heterocycles. The molecule has 2 saturated carbocycles. The average Bonchev–Trinajstić information content (AvgIpc) is 2.48. The maximum absolute atomic E-state index is 13.0. The van der Waals surface area contributed by atoms with Crippen molar-refractivity contribution in [1.82, 2.24) is 4.90 Å². The summed E-state index contributed by atoms with van der Waals surface area (Å²) in [5.74, 6) is 1.93. The van der Waals surface area contributed by atoms with E-state index in [1.54, 1.807) is 0 Å². The zero-order valence-corrected chi connectivity index (χ0v) is 12.9. The predicted molar refractivity (Wildman–Crippen MR) is 81.2 cm³/mol. The van der Waals surface area contributed by atoms with Crippen LogP contribution in [0.4, 0.5) is 0 Å². The Bertz CT molecular complexity index is 355. The van der Waals surface area contributed by atoms with E-state index in [1.165, 1.54) is 44.9 Å². The topological polar surface area (TPSA) is 46.3 Å². The van der Waals surface area contributed by atoms with E-state index in [0.29, 0.717) is 17.9 Å². The summed E-state index contributed by atoms with van der Waals surface area (Å²) >= 11 is 0. The van der Waals surface area contributed by atoms with Gasteiger partial charge in [0, 0.05) is 18.6 Å². The summed E-state index contributed by atoms with van der Waals surface area (Å²) < 4.78 is 0. The van der Waals surface area contributed by atoms with Gasteiger partial charge >= 0.3 is 0 Å². The van der Waals surface area contributed by atoms with Crippen molar-refractivity contribution < 1.29 is 4.79 Å². The Morgan fingerprint density at radius 2 is 1.80 bits per heavy atom. The zero-order chi connectivity index (χ0) is 14.1. The van der Waals surface area contributed by atoms with E-state index in [1.807, 2.05) is 0 Å². The number of piperidine rings is 1. The van der Waals surface area contributed by atoms with E-state index in [4.69, 9.17) is 5.73 Å². The molecule has 1 amide bonds. The van der Waals surface area contributed by atoms with Crippen LogP contribution in [0.25, 0.3) is 0 Å². The lowest BCUT2D eigenvalue weighted by Crippen LogP contribution is -2.55. The normalized spacial score (nSPS) is 42.1. The molecule has 3 nitrogen and oxygen atoms in total. The first-order valence-electron chi connectivity index (χ1n) is 8.73. The van der Waals surface area contributed by atoms with Crippen LogP contribution in [0.5, 0.6) is 0 Å². The van der Waals surface area contributed by atoms with Crippen molar-refractivity contribution in [2.45, 2.75) is 76.8 Å². The van der Waals surface area contributed by atoms with Crippen LogP contribution >= 0.6 is 0 Å². The second-order valence-corrected chi connectivity index (χ2v) is 7.47. The third kappa shape index (κ3) is 2.74. The number of likely N-dealkylation sites (tertiary alicyclic amines) is 1. The maximum atomic E-state index is 13.0. The van der Waals surface area contributed by atoms with Gasteiger partial charge in [-0.1, -0.05) is 19.8 Å². The first kappa shape index (κ1) is 14.4. The van der Waals surface area contributed by atoms with E-state index < -0.39 is 0 Å². The van der Waals surface area contributed by atoms with Gasteiger partial charge in [-0.05, 0) is 56.8 Å². The lowest BCUT2D eigenvalue weighted by atomic mass is 9.75. The zero-order valence-electron chi connectivity index (χ0n) is 12.9. The number of hydrogen-bond acceptors (Lipinski definition) is 2.